The zero-order valence-corrected chi connectivity index (χ0v) is 10.7. The Kier molecular flexibility index (Phi) is 4.55. The minimum Gasteiger partial charge on any atom is -0.345 e. The smallest absolute Gasteiger partial charge is 0.163 e. The van der Waals surface area contributed by atoms with Crippen LogP contribution in [0.3, 0.4) is 0 Å². The molecule has 0 fully saturated rings. The minimum atomic E-state index is -0.274. The fourth-order valence-corrected chi connectivity index (χ4v) is 1.91. The largest absolute Gasteiger partial charge is 0.345 e. The van der Waals surface area contributed by atoms with Crippen LogP contribution in [0.4, 0.5) is 5.69 Å². The molecular weight excluding hydrogens is 304 g/mol. The second-order valence-corrected chi connectivity index (χ2v) is 4.22. The van der Waals surface area contributed by atoms with Gasteiger partial charge in [-0.2, -0.15) is 15.8 Å². The predicted molar refractivity (Wildman–Crippen MR) is 66.6 cm³/mol. The van der Waals surface area contributed by atoms with Crippen LogP contribution in [0.5, 0.6) is 0 Å². The van der Waals surface area contributed by atoms with Crippen molar-refractivity contribution in [2.24, 2.45) is 0 Å². The summed E-state index contributed by atoms with van der Waals surface area (Å²) in [6, 6.07) is 9.97. The van der Waals surface area contributed by atoms with E-state index in [9.17, 15) is 0 Å². The second kappa shape index (κ2) is 5.92. The number of halogens is 2. The Hall–Kier alpha value is -2.00. The molecule has 6 heteroatoms. The van der Waals surface area contributed by atoms with Crippen molar-refractivity contribution in [3.8, 4) is 18.2 Å². The molecule has 0 atom stereocenters. The molecule has 0 aliphatic heterocycles. The molecule has 1 aromatic carbocycles. The third-order valence-corrected chi connectivity index (χ3v) is 2.39. The van der Waals surface area contributed by atoms with E-state index in [4.69, 9.17) is 27.4 Å². The van der Waals surface area contributed by atoms with Gasteiger partial charge in [0.25, 0.3) is 0 Å². The van der Waals surface area contributed by atoms with Crippen molar-refractivity contribution in [1.82, 2.24) is 0 Å². The zero-order chi connectivity index (χ0) is 12.8. The number of benzene rings is 1. The Morgan fingerprint density at radius 2 is 1.76 bits per heavy atom. The molecule has 1 N–H and O–H groups in total. The van der Waals surface area contributed by atoms with Gasteiger partial charge in [0.05, 0.1) is 0 Å². The summed E-state index contributed by atoms with van der Waals surface area (Å²) >= 11 is 9.07. The lowest BCUT2D eigenvalue weighted by molar-refractivity contribution is 1.37. The standard InChI is InChI=1S/C11H4BrClN4/c12-8-1-9(13)3-10(2-8)17-11(6-16)7(4-14)5-15/h1-3,17H. The molecule has 0 aliphatic rings. The lowest BCUT2D eigenvalue weighted by Gasteiger charge is -2.05. The predicted octanol–water partition coefficient (Wildman–Crippen LogP) is 3.34. The van der Waals surface area contributed by atoms with Gasteiger partial charge in [-0.1, -0.05) is 27.5 Å². The van der Waals surface area contributed by atoms with Gasteiger partial charge in [0.1, 0.15) is 23.9 Å². The van der Waals surface area contributed by atoms with Crippen LogP contribution in [0.25, 0.3) is 0 Å². The fourth-order valence-electron chi connectivity index (χ4n) is 1.05. The summed E-state index contributed by atoms with van der Waals surface area (Å²) in [6.45, 7) is 0. The molecular formula is C11H4BrClN4. The Bertz CT molecular complexity index is 565. The lowest BCUT2D eigenvalue weighted by atomic mass is 10.2. The molecule has 0 amide bonds. The topological polar surface area (TPSA) is 83.4 Å². The van der Waals surface area contributed by atoms with E-state index in [1.54, 1.807) is 36.4 Å². The average Bonchev–Trinajstić information content (AvgIpc) is 2.27. The van der Waals surface area contributed by atoms with Crippen molar-refractivity contribution in [3.05, 3.63) is 39.0 Å². The molecule has 1 rings (SSSR count). The first-order chi connectivity index (χ1) is 8.10. The number of nitriles is 3. The first kappa shape index (κ1) is 13.1. The van der Waals surface area contributed by atoms with Crippen molar-refractivity contribution in [1.29, 1.82) is 15.8 Å². The maximum Gasteiger partial charge on any atom is 0.163 e. The van der Waals surface area contributed by atoms with Gasteiger partial charge in [0, 0.05) is 15.2 Å². The maximum absolute atomic E-state index is 8.84. The van der Waals surface area contributed by atoms with E-state index in [0.29, 0.717) is 10.7 Å². The number of nitrogens with one attached hydrogen (secondary N) is 1. The molecule has 4 nitrogen and oxygen atoms in total. The van der Waals surface area contributed by atoms with Crippen LogP contribution in [0.1, 0.15) is 0 Å². The second-order valence-electron chi connectivity index (χ2n) is 2.87. The lowest BCUT2D eigenvalue weighted by Crippen LogP contribution is -2.00. The van der Waals surface area contributed by atoms with Gasteiger partial charge in [-0.3, -0.25) is 0 Å². The summed E-state index contributed by atoms with van der Waals surface area (Å²) in [5.74, 6) is 0. The molecule has 0 aromatic heterocycles. The monoisotopic (exact) mass is 306 g/mol. The molecule has 0 aliphatic carbocycles. The van der Waals surface area contributed by atoms with Gasteiger partial charge in [-0.25, -0.2) is 0 Å². The first-order valence-corrected chi connectivity index (χ1v) is 5.45. The molecule has 0 spiro atoms. The van der Waals surface area contributed by atoms with Crippen LogP contribution in [0.15, 0.2) is 33.9 Å². The van der Waals surface area contributed by atoms with Crippen LogP contribution in [0, 0.1) is 34.0 Å². The van der Waals surface area contributed by atoms with Crippen molar-refractivity contribution >= 4 is 33.2 Å². The Balaban J connectivity index is 3.15. The summed E-state index contributed by atoms with van der Waals surface area (Å²) in [5.41, 5.74) is 0.136. The van der Waals surface area contributed by atoms with E-state index in [-0.39, 0.29) is 11.3 Å². The minimum absolute atomic E-state index is 0.107. The Labute approximate surface area is 111 Å². The molecule has 0 radical (unpaired) electrons. The van der Waals surface area contributed by atoms with E-state index in [1.165, 1.54) is 0 Å². The highest BCUT2D eigenvalue weighted by Crippen LogP contribution is 2.24. The quantitative estimate of drug-likeness (QED) is 0.849. The highest BCUT2D eigenvalue weighted by Gasteiger charge is 2.06. The summed E-state index contributed by atoms with van der Waals surface area (Å²) in [7, 11) is 0. The van der Waals surface area contributed by atoms with E-state index in [2.05, 4.69) is 21.2 Å². The van der Waals surface area contributed by atoms with Crippen LogP contribution in [-0.2, 0) is 0 Å². The van der Waals surface area contributed by atoms with Gasteiger partial charge < -0.3 is 5.32 Å². The molecule has 0 unspecified atom stereocenters. The number of nitrogens with zero attached hydrogens (tertiary/aromatic N) is 3. The normalized spacial score (nSPS) is 8.41. The van der Waals surface area contributed by atoms with E-state index < -0.39 is 0 Å². The molecule has 17 heavy (non-hydrogen) atoms. The van der Waals surface area contributed by atoms with Crippen LogP contribution >= 0.6 is 27.5 Å². The first-order valence-electron chi connectivity index (χ1n) is 4.28. The summed E-state index contributed by atoms with van der Waals surface area (Å²) in [4.78, 5) is 0. The van der Waals surface area contributed by atoms with Gasteiger partial charge in [-0.05, 0) is 18.2 Å². The number of rotatable bonds is 2. The van der Waals surface area contributed by atoms with Gasteiger partial charge >= 0.3 is 0 Å². The molecule has 82 valence electrons. The number of hydrogen-bond donors (Lipinski definition) is 1. The maximum atomic E-state index is 8.84. The van der Waals surface area contributed by atoms with E-state index >= 15 is 0 Å². The van der Waals surface area contributed by atoms with Gasteiger partial charge in [0.15, 0.2) is 5.57 Å². The van der Waals surface area contributed by atoms with Gasteiger partial charge in [0.2, 0.25) is 0 Å². The van der Waals surface area contributed by atoms with Crippen molar-refractivity contribution < 1.29 is 0 Å². The third-order valence-electron chi connectivity index (χ3n) is 1.72. The van der Waals surface area contributed by atoms with Crippen molar-refractivity contribution in [2.75, 3.05) is 5.32 Å². The SMILES string of the molecule is N#CC(C#N)=C(C#N)Nc1cc(Cl)cc(Br)c1. The van der Waals surface area contributed by atoms with Crippen LogP contribution in [0.2, 0.25) is 5.02 Å². The van der Waals surface area contributed by atoms with E-state index in [0.717, 1.165) is 4.47 Å². The number of anilines is 1. The summed E-state index contributed by atoms with van der Waals surface area (Å²) < 4.78 is 0.722. The molecule has 0 saturated carbocycles. The molecule has 0 heterocycles. The highest BCUT2D eigenvalue weighted by molar-refractivity contribution is 9.10. The molecule has 1 aromatic rings. The van der Waals surface area contributed by atoms with Crippen molar-refractivity contribution in [3.63, 3.8) is 0 Å². The summed E-state index contributed by atoms with van der Waals surface area (Å²) in [5, 5.41) is 29.3. The molecule has 0 saturated heterocycles. The van der Waals surface area contributed by atoms with Crippen LogP contribution in [-0.4, -0.2) is 0 Å². The number of allylic oxidation sites excluding steroid dienone is 2. The van der Waals surface area contributed by atoms with Gasteiger partial charge in [-0.15, -0.1) is 0 Å². The zero-order valence-electron chi connectivity index (χ0n) is 8.33. The highest BCUT2D eigenvalue weighted by atomic mass is 79.9. The van der Waals surface area contributed by atoms with Crippen molar-refractivity contribution in [2.45, 2.75) is 0 Å². The Morgan fingerprint density at radius 3 is 2.24 bits per heavy atom. The third kappa shape index (κ3) is 3.50. The Morgan fingerprint density at radius 1 is 1.12 bits per heavy atom. The number of hydrogen-bond acceptors (Lipinski definition) is 4. The summed E-state index contributed by atoms with van der Waals surface area (Å²) in [6.07, 6.45) is 0. The average molecular weight is 308 g/mol. The van der Waals surface area contributed by atoms with E-state index in [1.807, 2.05) is 0 Å². The fraction of sp³-hybridized carbons (Fsp3) is 0. The molecule has 0 bridgehead atoms. The van der Waals surface area contributed by atoms with Crippen LogP contribution < -0.4 is 5.32 Å².